The van der Waals surface area contributed by atoms with Gasteiger partial charge in [-0.15, -0.1) is 11.3 Å². The van der Waals surface area contributed by atoms with Crippen LogP contribution in [0.2, 0.25) is 5.02 Å². The predicted octanol–water partition coefficient (Wildman–Crippen LogP) is 4.89. The maximum Gasteiger partial charge on any atom is 0.260 e. The van der Waals surface area contributed by atoms with Gasteiger partial charge in [0.05, 0.1) is 16.2 Å². The van der Waals surface area contributed by atoms with Crippen LogP contribution in [0.3, 0.4) is 0 Å². The zero-order valence-corrected chi connectivity index (χ0v) is 18.6. The quantitative estimate of drug-likeness (QED) is 0.536. The number of sulfonamides is 1. The molecule has 0 saturated heterocycles. The van der Waals surface area contributed by atoms with Crippen molar-refractivity contribution in [3.8, 4) is 11.3 Å². The monoisotopic (exact) mass is 467 g/mol. The first-order valence-corrected chi connectivity index (χ1v) is 11.8. The van der Waals surface area contributed by atoms with Crippen molar-refractivity contribution in [1.29, 1.82) is 0 Å². The van der Waals surface area contributed by atoms with Crippen molar-refractivity contribution in [2.24, 2.45) is 0 Å². The second-order valence-electron chi connectivity index (χ2n) is 6.23. The lowest BCUT2D eigenvalue weighted by molar-refractivity contribution is 0.102. The van der Waals surface area contributed by atoms with Crippen LogP contribution in [0.1, 0.15) is 24.2 Å². The first-order chi connectivity index (χ1) is 14.3. The Balaban J connectivity index is 1.85. The largest absolute Gasteiger partial charge is 0.298 e. The maximum atomic E-state index is 14.3. The van der Waals surface area contributed by atoms with Crippen LogP contribution < -0.4 is 5.32 Å². The van der Waals surface area contributed by atoms with Gasteiger partial charge in [0.2, 0.25) is 10.0 Å². The second kappa shape index (κ2) is 9.22. The van der Waals surface area contributed by atoms with E-state index in [4.69, 9.17) is 11.6 Å². The summed E-state index contributed by atoms with van der Waals surface area (Å²) in [7, 11) is -3.82. The summed E-state index contributed by atoms with van der Waals surface area (Å²) in [5.74, 6) is -1.60. The number of rotatable bonds is 7. The molecule has 0 aliphatic rings. The van der Waals surface area contributed by atoms with Crippen molar-refractivity contribution in [2.75, 3.05) is 18.4 Å². The smallest absolute Gasteiger partial charge is 0.260 e. The van der Waals surface area contributed by atoms with E-state index in [1.165, 1.54) is 15.6 Å². The first-order valence-electron chi connectivity index (χ1n) is 9.08. The van der Waals surface area contributed by atoms with Gasteiger partial charge in [0.25, 0.3) is 5.91 Å². The third-order valence-corrected chi connectivity index (χ3v) is 7.45. The van der Waals surface area contributed by atoms with Gasteiger partial charge in [0, 0.05) is 29.1 Å². The average Bonchev–Trinajstić information content (AvgIpc) is 3.17. The van der Waals surface area contributed by atoms with Crippen LogP contribution in [0, 0.1) is 5.82 Å². The second-order valence-corrected chi connectivity index (χ2v) is 9.46. The number of aromatic nitrogens is 1. The van der Waals surface area contributed by atoms with E-state index in [1.54, 1.807) is 43.5 Å². The molecular formula is C20H19ClFN3O3S2. The minimum atomic E-state index is -3.82. The number of halogens is 2. The van der Waals surface area contributed by atoms with Crippen molar-refractivity contribution in [2.45, 2.75) is 18.7 Å². The Morgan fingerprint density at radius 1 is 1.17 bits per heavy atom. The summed E-state index contributed by atoms with van der Waals surface area (Å²) in [4.78, 5) is 16.8. The summed E-state index contributed by atoms with van der Waals surface area (Å²) in [6.45, 7) is 3.95. The molecule has 0 radical (unpaired) electrons. The van der Waals surface area contributed by atoms with Crippen molar-refractivity contribution in [3.05, 3.63) is 64.2 Å². The van der Waals surface area contributed by atoms with E-state index in [0.717, 1.165) is 23.8 Å². The highest BCUT2D eigenvalue weighted by atomic mass is 35.5. The molecule has 158 valence electrons. The van der Waals surface area contributed by atoms with Crippen LogP contribution >= 0.6 is 22.9 Å². The first kappa shape index (κ1) is 22.4. The molecule has 10 heteroatoms. The molecule has 3 rings (SSSR count). The molecule has 1 aromatic heterocycles. The predicted molar refractivity (Wildman–Crippen MR) is 117 cm³/mol. The number of thiazole rings is 1. The van der Waals surface area contributed by atoms with Crippen molar-refractivity contribution in [1.82, 2.24) is 9.29 Å². The van der Waals surface area contributed by atoms with E-state index in [9.17, 15) is 17.6 Å². The standard InChI is InChI=1S/C20H19ClFN3O3S2/c1-3-25(4-2)30(27,28)15-9-10-17(22)16(11-15)19(26)24-20-23-18(12-29-20)13-5-7-14(21)8-6-13/h5-12H,3-4H2,1-2H3,(H,23,24,26). The Morgan fingerprint density at radius 2 is 1.83 bits per heavy atom. The number of nitrogens with zero attached hydrogens (tertiary/aromatic N) is 2. The third-order valence-electron chi connectivity index (χ3n) is 4.39. The van der Waals surface area contributed by atoms with Crippen LogP contribution in [0.5, 0.6) is 0 Å². The SMILES string of the molecule is CCN(CC)S(=O)(=O)c1ccc(F)c(C(=O)Nc2nc(-c3ccc(Cl)cc3)cs2)c1. The van der Waals surface area contributed by atoms with Gasteiger partial charge in [-0.3, -0.25) is 10.1 Å². The van der Waals surface area contributed by atoms with E-state index in [-0.39, 0.29) is 28.7 Å². The summed E-state index contributed by atoms with van der Waals surface area (Å²) in [5.41, 5.74) is 1.08. The van der Waals surface area contributed by atoms with Gasteiger partial charge in [0.1, 0.15) is 5.82 Å². The molecule has 1 N–H and O–H groups in total. The average molecular weight is 468 g/mol. The highest BCUT2D eigenvalue weighted by Crippen LogP contribution is 2.27. The number of carbonyl (C=O) groups excluding carboxylic acids is 1. The van der Waals surface area contributed by atoms with E-state index in [0.29, 0.717) is 10.7 Å². The fraction of sp³-hybridized carbons (Fsp3) is 0.200. The Labute approximate surface area is 183 Å². The summed E-state index contributed by atoms with van der Waals surface area (Å²) in [5, 5.41) is 5.14. The third kappa shape index (κ3) is 4.70. The minimum Gasteiger partial charge on any atom is -0.298 e. The van der Waals surface area contributed by atoms with Gasteiger partial charge in [-0.1, -0.05) is 37.6 Å². The molecule has 1 amide bonds. The van der Waals surface area contributed by atoms with Crippen LogP contribution in [-0.4, -0.2) is 36.7 Å². The molecule has 0 fully saturated rings. The van der Waals surface area contributed by atoms with E-state index in [2.05, 4.69) is 10.3 Å². The van der Waals surface area contributed by atoms with Gasteiger partial charge >= 0.3 is 0 Å². The summed E-state index contributed by atoms with van der Waals surface area (Å²) in [6, 6.07) is 10.2. The van der Waals surface area contributed by atoms with Crippen LogP contribution in [0.4, 0.5) is 9.52 Å². The number of hydrogen-bond acceptors (Lipinski definition) is 5. The summed E-state index contributed by atoms with van der Waals surface area (Å²) >= 11 is 7.06. The topological polar surface area (TPSA) is 79.4 Å². The lowest BCUT2D eigenvalue weighted by Gasteiger charge is -2.18. The molecule has 3 aromatic rings. The Morgan fingerprint density at radius 3 is 2.47 bits per heavy atom. The summed E-state index contributed by atoms with van der Waals surface area (Å²) < 4.78 is 40.9. The highest BCUT2D eigenvalue weighted by molar-refractivity contribution is 7.89. The Bertz CT molecular complexity index is 1160. The van der Waals surface area contributed by atoms with Crippen LogP contribution in [-0.2, 0) is 10.0 Å². The number of carbonyl (C=O) groups is 1. The zero-order chi connectivity index (χ0) is 21.9. The number of nitrogens with one attached hydrogen (secondary N) is 1. The molecule has 6 nitrogen and oxygen atoms in total. The fourth-order valence-corrected chi connectivity index (χ4v) is 5.13. The molecule has 0 saturated carbocycles. The highest BCUT2D eigenvalue weighted by Gasteiger charge is 2.24. The van der Waals surface area contributed by atoms with Crippen LogP contribution in [0.15, 0.2) is 52.7 Å². The molecule has 0 bridgehead atoms. The number of amides is 1. The van der Waals surface area contributed by atoms with Gasteiger partial charge in [-0.05, 0) is 30.3 Å². The number of anilines is 1. The lowest BCUT2D eigenvalue weighted by atomic mass is 10.2. The van der Waals surface area contributed by atoms with Gasteiger partial charge in [-0.25, -0.2) is 17.8 Å². The fourth-order valence-electron chi connectivity index (χ4n) is 2.80. The number of benzene rings is 2. The normalized spacial score (nSPS) is 11.6. The minimum absolute atomic E-state index is 0.140. The molecule has 0 atom stereocenters. The van der Waals surface area contributed by atoms with E-state index < -0.39 is 21.7 Å². The van der Waals surface area contributed by atoms with Gasteiger partial charge in [0.15, 0.2) is 5.13 Å². The summed E-state index contributed by atoms with van der Waals surface area (Å²) in [6.07, 6.45) is 0. The van der Waals surface area contributed by atoms with Gasteiger partial charge in [-0.2, -0.15) is 4.31 Å². The van der Waals surface area contributed by atoms with E-state index >= 15 is 0 Å². The molecule has 0 unspecified atom stereocenters. The molecule has 0 aliphatic heterocycles. The molecule has 30 heavy (non-hydrogen) atoms. The van der Waals surface area contributed by atoms with Crippen molar-refractivity contribution >= 4 is 44.0 Å². The zero-order valence-electron chi connectivity index (χ0n) is 16.2. The molecule has 2 aromatic carbocycles. The lowest BCUT2D eigenvalue weighted by Crippen LogP contribution is -2.31. The Hall–Kier alpha value is -2.33. The number of hydrogen-bond donors (Lipinski definition) is 1. The molecule has 0 aliphatic carbocycles. The van der Waals surface area contributed by atoms with Crippen molar-refractivity contribution < 1.29 is 17.6 Å². The van der Waals surface area contributed by atoms with Gasteiger partial charge < -0.3 is 0 Å². The molecule has 0 spiro atoms. The molecular weight excluding hydrogens is 449 g/mol. The molecule has 1 heterocycles. The maximum absolute atomic E-state index is 14.3. The van der Waals surface area contributed by atoms with Crippen molar-refractivity contribution in [3.63, 3.8) is 0 Å². The Kier molecular flexibility index (Phi) is 6.87. The van der Waals surface area contributed by atoms with E-state index in [1.807, 2.05) is 0 Å². The van der Waals surface area contributed by atoms with Crippen LogP contribution in [0.25, 0.3) is 11.3 Å².